The van der Waals surface area contributed by atoms with E-state index in [2.05, 4.69) is 69.6 Å². The molecule has 0 spiro atoms. The fourth-order valence-electron chi connectivity index (χ4n) is 4.04. The van der Waals surface area contributed by atoms with Crippen LogP contribution in [-0.2, 0) is 6.54 Å². The van der Waals surface area contributed by atoms with Gasteiger partial charge in [0, 0.05) is 42.5 Å². The van der Waals surface area contributed by atoms with Gasteiger partial charge in [-0.2, -0.15) is 10.2 Å². The van der Waals surface area contributed by atoms with Crippen molar-refractivity contribution >= 4 is 10.9 Å². The minimum Gasteiger partial charge on any atom is -0.361 e. The fourth-order valence-corrected chi connectivity index (χ4v) is 4.04. The zero-order chi connectivity index (χ0) is 17.5. The van der Waals surface area contributed by atoms with Crippen molar-refractivity contribution in [3.8, 4) is 11.3 Å². The second kappa shape index (κ2) is 6.07. The van der Waals surface area contributed by atoms with Crippen LogP contribution in [0.25, 0.3) is 22.2 Å². The Morgan fingerprint density at radius 3 is 2.92 bits per heavy atom. The van der Waals surface area contributed by atoms with Crippen molar-refractivity contribution in [3.05, 3.63) is 83.7 Å². The summed E-state index contributed by atoms with van der Waals surface area (Å²) in [7, 11) is 2.19. The second-order valence-corrected chi connectivity index (χ2v) is 7.10. The van der Waals surface area contributed by atoms with E-state index in [-0.39, 0.29) is 0 Å². The molecule has 3 heterocycles. The summed E-state index contributed by atoms with van der Waals surface area (Å²) in [5.41, 5.74) is 7.42. The molecule has 26 heavy (non-hydrogen) atoms. The molecule has 0 radical (unpaired) electrons. The Balaban J connectivity index is 1.59. The summed E-state index contributed by atoms with van der Waals surface area (Å²) in [4.78, 5) is 5.68. The zero-order valence-corrected chi connectivity index (χ0v) is 14.7. The van der Waals surface area contributed by atoms with Gasteiger partial charge in [0.2, 0.25) is 0 Å². The molecular weight excluding hydrogens is 320 g/mol. The summed E-state index contributed by atoms with van der Waals surface area (Å²) >= 11 is 0. The Bertz CT molecular complexity index is 1070. The monoisotopic (exact) mass is 340 g/mol. The molecule has 4 heteroatoms. The molecule has 0 saturated carbocycles. The Hall–Kier alpha value is -2.98. The molecule has 2 aromatic heterocycles. The smallest absolute Gasteiger partial charge is 0.0929 e. The number of hydrogen-bond donors (Lipinski definition) is 1. The first-order valence-electron chi connectivity index (χ1n) is 8.94. The molecule has 0 bridgehead atoms. The van der Waals surface area contributed by atoms with Crippen LogP contribution >= 0.6 is 0 Å². The molecule has 1 aliphatic heterocycles. The highest BCUT2D eigenvalue weighted by molar-refractivity contribution is 5.80. The van der Waals surface area contributed by atoms with Crippen molar-refractivity contribution in [3.63, 3.8) is 0 Å². The third-order valence-electron chi connectivity index (χ3n) is 5.30. The fraction of sp³-hybridized carbons (Fsp3) is 0.182. The molecule has 1 N–H and O–H groups in total. The van der Waals surface area contributed by atoms with Gasteiger partial charge < -0.3 is 9.88 Å². The topological polar surface area (TPSA) is 44.8 Å². The first kappa shape index (κ1) is 15.3. The maximum Gasteiger partial charge on any atom is 0.0929 e. The molecule has 0 amide bonds. The number of rotatable bonds is 2. The number of aromatic amines is 1. The van der Waals surface area contributed by atoms with Gasteiger partial charge in [-0.3, -0.25) is 0 Å². The first-order chi connectivity index (χ1) is 12.8. The van der Waals surface area contributed by atoms with Crippen LogP contribution < -0.4 is 0 Å². The summed E-state index contributed by atoms with van der Waals surface area (Å²) in [5.74, 6) is 0.388. The van der Waals surface area contributed by atoms with E-state index in [0.717, 1.165) is 24.3 Å². The van der Waals surface area contributed by atoms with Crippen LogP contribution in [-0.4, -0.2) is 33.7 Å². The molecular formula is C22H20N4. The third kappa shape index (κ3) is 2.59. The predicted molar refractivity (Wildman–Crippen MR) is 104 cm³/mol. The van der Waals surface area contributed by atoms with Crippen LogP contribution in [0.15, 0.2) is 67.0 Å². The van der Waals surface area contributed by atoms with Gasteiger partial charge >= 0.3 is 0 Å². The third-order valence-corrected chi connectivity index (χ3v) is 5.30. The van der Waals surface area contributed by atoms with Gasteiger partial charge in [0.15, 0.2) is 0 Å². The summed E-state index contributed by atoms with van der Waals surface area (Å²) in [6.45, 7) is 2.00. The van der Waals surface area contributed by atoms with Gasteiger partial charge in [0.25, 0.3) is 0 Å². The van der Waals surface area contributed by atoms with Gasteiger partial charge in [0.1, 0.15) is 0 Å². The van der Waals surface area contributed by atoms with Crippen molar-refractivity contribution in [2.45, 2.75) is 12.5 Å². The lowest BCUT2D eigenvalue weighted by molar-refractivity contribution is 0.295. The number of nitrogens with one attached hydrogen (secondary N) is 1. The SMILES string of the molecule is CN1Cc2cc(-c3cccnn3)ccc2C(c2ccc3[nH]ccc3c2)C1. The average Bonchev–Trinajstić information content (AvgIpc) is 3.15. The molecule has 2 aromatic carbocycles. The molecule has 4 nitrogen and oxygen atoms in total. The number of aromatic nitrogens is 3. The molecule has 0 aliphatic carbocycles. The van der Waals surface area contributed by atoms with E-state index in [9.17, 15) is 0 Å². The van der Waals surface area contributed by atoms with E-state index < -0.39 is 0 Å². The van der Waals surface area contributed by atoms with Gasteiger partial charge in [-0.25, -0.2) is 0 Å². The molecule has 0 fully saturated rings. The van der Waals surface area contributed by atoms with Crippen LogP contribution in [0.2, 0.25) is 0 Å². The van der Waals surface area contributed by atoms with Crippen molar-refractivity contribution in [1.82, 2.24) is 20.1 Å². The quantitative estimate of drug-likeness (QED) is 0.595. The van der Waals surface area contributed by atoms with Gasteiger partial charge in [0.05, 0.1) is 5.69 Å². The Labute approximate surface area is 152 Å². The zero-order valence-electron chi connectivity index (χ0n) is 14.7. The lowest BCUT2D eigenvalue weighted by atomic mass is 9.83. The maximum absolute atomic E-state index is 4.26. The number of hydrogen-bond acceptors (Lipinski definition) is 3. The van der Waals surface area contributed by atoms with Crippen LogP contribution in [0.3, 0.4) is 0 Å². The number of fused-ring (bicyclic) bond motifs is 2. The number of likely N-dealkylation sites (N-methyl/N-ethyl adjacent to an activating group) is 1. The van der Waals surface area contributed by atoms with E-state index >= 15 is 0 Å². The minimum absolute atomic E-state index is 0.388. The van der Waals surface area contributed by atoms with Crippen molar-refractivity contribution in [1.29, 1.82) is 0 Å². The Morgan fingerprint density at radius 1 is 1.08 bits per heavy atom. The number of H-pyrrole nitrogens is 1. The normalized spacial score (nSPS) is 17.3. The highest BCUT2D eigenvalue weighted by Crippen LogP contribution is 2.36. The molecule has 5 rings (SSSR count). The summed E-state index contributed by atoms with van der Waals surface area (Å²) in [5, 5.41) is 9.54. The van der Waals surface area contributed by atoms with Crippen LogP contribution in [0.4, 0.5) is 0 Å². The van der Waals surface area contributed by atoms with Crippen LogP contribution in [0, 0.1) is 0 Å². The summed E-state index contributed by atoms with van der Waals surface area (Å²) in [6, 6.07) is 19.6. The van der Waals surface area contributed by atoms with Crippen LogP contribution in [0.5, 0.6) is 0 Å². The molecule has 1 aliphatic rings. The second-order valence-electron chi connectivity index (χ2n) is 7.10. The van der Waals surface area contributed by atoms with E-state index in [1.54, 1.807) is 6.20 Å². The van der Waals surface area contributed by atoms with Crippen LogP contribution in [0.1, 0.15) is 22.6 Å². The van der Waals surface area contributed by atoms with E-state index in [0.29, 0.717) is 5.92 Å². The van der Waals surface area contributed by atoms with Crippen molar-refractivity contribution in [2.24, 2.45) is 0 Å². The maximum atomic E-state index is 4.26. The molecule has 128 valence electrons. The number of nitrogens with zero attached hydrogens (tertiary/aromatic N) is 3. The van der Waals surface area contributed by atoms with E-state index in [1.165, 1.54) is 27.6 Å². The van der Waals surface area contributed by atoms with Gasteiger partial charge in [-0.05, 0) is 65.5 Å². The Kier molecular flexibility index (Phi) is 3.57. The molecule has 0 saturated heterocycles. The average molecular weight is 340 g/mol. The Morgan fingerprint density at radius 2 is 2.04 bits per heavy atom. The first-order valence-corrected chi connectivity index (χ1v) is 8.94. The van der Waals surface area contributed by atoms with Gasteiger partial charge in [-0.15, -0.1) is 0 Å². The summed E-state index contributed by atoms with van der Waals surface area (Å²) < 4.78 is 0. The van der Waals surface area contributed by atoms with E-state index in [4.69, 9.17) is 0 Å². The molecule has 1 unspecified atom stereocenters. The predicted octanol–water partition coefficient (Wildman–Crippen LogP) is 4.20. The number of benzene rings is 2. The standard InChI is InChI=1S/C22H20N4/c1-26-13-18-12-16(22-3-2-9-24-25-22)4-6-19(18)20(14-26)15-5-7-21-17(11-15)8-10-23-21/h2-12,20,23H,13-14H2,1H3. The highest BCUT2D eigenvalue weighted by Gasteiger charge is 2.25. The van der Waals surface area contributed by atoms with Crippen molar-refractivity contribution in [2.75, 3.05) is 13.6 Å². The lowest BCUT2D eigenvalue weighted by Crippen LogP contribution is -2.31. The molecule has 1 atom stereocenters. The largest absolute Gasteiger partial charge is 0.361 e. The van der Waals surface area contributed by atoms with E-state index in [1.807, 2.05) is 18.3 Å². The van der Waals surface area contributed by atoms with Crippen molar-refractivity contribution < 1.29 is 0 Å². The lowest BCUT2D eigenvalue weighted by Gasteiger charge is -2.33. The van der Waals surface area contributed by atoms with Gasteiger partial charge in [-0.1, -0.05) is 18.2 Å². The molecule has 4 aromatic rings. The summed E-state index contributed by atoms with van der Waals surface area (Å²) in [6.07, 6.45) is 3.71. The minimum atomic E-state index is 0.388. The highest BCUT2D eigenvalue weighted by atomic mass is 15.1.